The maximum absolute atomic E-state index is 13.4. The average molecular weight is 352 g/mol. The van der Waals surface area contributed by atoms with Crippen LogP contribution < -0.4 is 0 Å². The molecule has 0 aliphatic carbocycles. The SMILES string of the molecule is O=C(/C(=C\c1ccccc1)C(F)(F)F)c1ccc(-c2ccccc2)cc1. The van der Waals surface area contributed by atoms with Crippen LogP contribution in [0.2, 0.25) is 0 Å². The molecule has 0 N–H and O–H groups in total. The van der Waals surface area contributed by atoms with E-state index in [0.717, 1.165) is 17.2 Å². The molecule has 0 spiro atoms. The van der Waals surface area contributed by atoms with Gasteiger partial charge in [0.05, 0.1) is 0 Å². The number of rotatable bonds is 4. The van der Waals surface area contributed by atoms with E-state index in [-0.39, 0.29) is 5.56 Å². The fourth-order valence-corrected chi connectivity index (χ4v) is 2.59. The largest absolute Gasteiger partial charge is 0.420 e. The van der Waals surface area contributed by atoms with E-state index in [1.54, 1.807) is 30.3 Å². The molecule has 0 atom stereocenters. The number of benzene rings is 3. The van der Waals surface area contributed by atoms with E-state index in [1.807, 2.05) is 30.3 Å². The van der Waals surface area contributed by atoms with Gasteiger partial charge in [0.15, 0.2) is 5.78 Å². The van der Waals surface area contributed by atoms with Crippen molar-refractivity contribution in [1.82, 2.24) is 0 Å². The van der Waals surface area contributed by atoms with Crippen molar-refractivity contribution in [2.75, 3.05) is 0 Å². The molecule has 0 saturated heterocycles. The third kappa shape index (κ3) is 4.09. The zero-order valence-corrected chi connectivity index (χ0v) is 13.7. The quantitative estimate of drug-likeness (QED) is 0.405. The number of hydrogen-bond acceptors (Lipinski definition) is 1. The van der Waals surface area contributed by atoms with E-state index in [1.165, 1.54) is 24.3 Å². The lowest BCUT2D eigenvalue weighted by atomic mass is 9.98. The van der Waals surface area contributed by atoms with Crippen molar-refractivity contribution in [3.8, 4) is 11.1 Å². The van der Waals surface area contributed by atoms with Gasteiger partial charge in [-0.1, -0.05) is 84.9 Å². The molecule has 1 nitrogen and oxygen atoms in total. The van der Waals surface area contributed by atoms with Crippen molar-refractivity contribution in [2.45, 2.75) is 6.18 Å². The first-order valence-corrected chi connectivity index (χ1v) is 7.99. The summed E-state index contributed by atoms with van der Waals surface area (Å²) in [5.41, 5.74) is 0.916. The minimum absolute atomic E-state index is 0.00388. The molecule has 26 heavy (non-hydrogen) atoms. The number of carbonyl (C=O) groups is 1. The van der Waals surface area contributed by atoms with Crippen molar-refractivity contribution in [3.05, 3.63) is 102 Å². The van der Waals surface area contributed by atoms with E-state index < -0.39 is 17.5 Å². The van der Waals surface area contributed by atoms with Gasteiger partial charge in [0, 0.05) is 5.56 Å². The van der Waals surface area contributed by atoms with Gasteiger partial charge in [-0.3, -0.25) is 4.79 Å². The van der Waals surface area contributed by atoms with Crippen LogP contribution >= 0.6 is 0 Å². The lowest BCUT2D eigenvalue weighted by molar-refractivity contribution is -0.0878. The Morgan fingerprint density at radius 2 is 1.19 bits per heavy atom. The van der Waals surface area contributed by atoms with Gasteiger partial charge in [-0.05, 0) is 22.8 Å². The van der Waals surface area contributed by atoms with Gasteiger partial charge in [-0.25, -0.2) is 0 Å². The van der Waals surface area contributed by atoms with Crippen LogP contribution in [-0.2, 0) is 0 Å². The number of Topliss-reactive ketones (excluding diaryl/α,β-unsaturated/α-hetero) is 1. The molecule has 0 aliphatic heterocycles. The molecular formula is C22H15F3O. The predicted molar refractivity (Wildman–Crippen MR) is 96.7 cm³/mol. The molecule has 0 bridgehead atoms. The average Bonchev–Trinajstić information content (AvgIpc) is 2.66. The van der Waals surface area contributed by atoms with Gasteiger partial charge >= 0.3 is 6.18 Å². The zero-order chi connectivity index (χ0) is 18.6. The standard InChI is InChI=1S/C22H15F3O/c23-22(24,25)20(15-16-7-3-1-4-8-16)21(26)19-13-11-18(12-14-19)17-9-5-2-6-10-17/h1-15H/b20-15+. The summed E-state index contributed by atoms with van der Waals surface area (Å²) in [5.74, 6) is -1.04. The van der Waals surface area contributed by atoms with E-state index >= 15 is 0 Å². The Kier molecular flexibility index (Phi) is 5.03. The molecule has 0 aliphatic rings. The van der Waals surface area contributed by atoms with Gasteiger partial charge in [0.25, 0.3) is 0 Å². The Bertz CT molecular complexity index is 909. The lowest BCUT2D eigenvalue weighted by Crippen LogP contribution is -2.20. The van der Waals surface area contributed by atoms with Crippen molar-refractivity contribution < 1.29 is 18.0 Å². The number of carbonyl (C=O) groups excluding carboxylic acids is 1. The van der Waals surface area contributed by atoms with Crippen LogP contribution in [0.25, 0.3) is 17.2 Å². The van der Waals surface area contributed by atoms with Gasteiger partial charge in [0.1, 0.15) is 5.57 Å². The minimum Gasteiger partial charge on any atom is -0.289 e. The molecule has 0 amide bonds. The van der Waals surface area contributed by atoms with Crippen LogP contribution in [0.15, 0.2) is 90.5 Å². The summed E-state index contributed by atoms with van der Waals surface area (Å²) in [5, 5.41) is 0. The van der Waals surface area contributed by atoms with Crippen molar-refractivity contribution >= 4 is 11.9 Å². The highest BCUT2D eigenvalue weighted by atomic mass is 19.4. The normalized spacial score (nSPS) is 12.0. The fraction of sp³-hybridized carbons (Fsp3) is 0.0455. The Balaban J connectivity index is 1.94. The van der Waals surface area contributed by atoms with Crippen LogP contribution in [0.3, 0.4) is 0 Å². The molecule has 0 fully saturated rings. The lowest BCUT2D eigenvalue weighted by Gasteiger charge is -2.11. The number of hydrogen-bond donors (Lipinski definition) is 0. The van der Waals surface area contributed by atoms with Crippen LogP contribution in [0.1, 0.15) is 15.9 Å². The first-order valence-electron chi connectivity index (χ1n) is 7.99. The monoisotopic (exact) mass is 352 g/mol. The first kappa shape index (κ1) is 17.7. The number of alkyl halides is 3. The van der Waals surface area contributed by atoms with Gasteiger partial charge in [-0.15, -0.1) is 0 Å². The predicted octanol–water partition coefficient (Wildman–Crippen LogP) is 6.18. The number of halogens is 3. The summed E-state index contributed by atoms with van der Waals surface area (Å²) in [6, 6.07) is 23.6. The highest BCUT2D eigenvalue weighted by Gasteiger charge is 2.38. The van der Waals surface area contributed by atoms with E-state index in [4.69, 9.17) is 0 Å². The maximum Gasteiger partial charge on any atom is 0.420 e. The van der Waals surface area contributed by atoms with Crippen molar-refractivity contribution in [3.63, 3.8) is 0 Å². The highest BCUT2D eigenvalue weighted by Crippen LogP contribution is 2.31. The second-order valence-electron chi connectivity index (χ2n) is 5.74. The first-order chi connectivity index (χ1) is 12.4. The van der Waals surface area contributed by atoms with Crippen LogP contribution in [0.4, 0.5) is 13.2 Å². The summed E-state index contributed by atoms with van der Waals surface area (Å²) >= 11 is 0. The Morgan fingerprint density at radius 3 is 1.73 bits per heavy atom. The molecule has 0 heterocycles. The molecule has 0 radical (unpaired) electrons. The zero-order valence-electron chi connectivity index (χ0n) is 13.7. The molecule has 0 aromatic heterocycles. The summed E-state index contributed by atoms with van der Waals surface area (Å²) in [7, 11) is 0. The third-order valence-corrected chi connectivity index (χ3v) is 3.91. The van der Waals surface area contributed by atoms with E-state index in [2.05, 4.69) is 0 Å². The Hall–Kier alpha value is -3.14. The van der Waals surface area contributed by atoms with Crippen molar-refractivity contribution in [1.29, 1.82) is 0 Å². The van der Waals surface area contributed by atoms with Gasteiger partial charge < -0.3 is 0 Å². The topological polar surface area (TPSA) is 17.1 Å². The molecule has 3 aromatic rings. The minimum atomic E-state index is -4.73. The summed E-state index contributed by atoms with van der Waals surface area (Å²) in [6.07, 6.45) is -3.85. The fourth-order valence-electron chi connectivity index (χ4n) is 2.59. The summed E-state index contributed by atoms with van der Waals surface area (Å²) in [4.78, 5) is 12.5. The maximum atomic E-state index is 13.4. The summed E-state index contributed by atoms with van der Waals surface area (Å²) < 4.78 is 40.2. The number of ketones is 1. The highest BCUT2D eigenvalue weighted by molar-refractivity contribution is 6.12. The van der Waals surface area contributed by atoms with Gasteiger partial charge in [-0.2, -0.15) is 13.2 Å². The van der Waals surface area contributed by atoms with E-state index in [0.29, 0.717) is 5.56 Å². The summed E-state index contributed by atoms with van der Waals surface area (Å²) in [6.45, 7) is 0. The Morgan fingerprint density at radius 1 is 0.692 bits per heavy atom. The molecular weight excluding hydrogens is 337 g/mol. The second kappa shape index (κ2) is 7.40. The molecule has 0 unspecified atom stereocenters. The number of allylic oxidation sites excluding steroid dienone is 1. The molecule has 0 saturated carbocycles. The molecule has 3 aromatic carbocycles. The molecule has 130 valence electrons. The molecule has 4 heteroatoms. The smallest absolute Gasteiger partial charge is 0.289 e. The van der Waals surface area contributed by atoms with Crippen LogP contribution in [0, 0.1) is 0 Å². The molecule has 3 rings (SSSR count). The van der Waals surface area contributed by atoms with Crippen LogP contribution in [0.5, 0.6) is 0 Å². The van der Waals surface area contributed by atoms with Gasteiger partial charge in [0.2, 0.25) is 0 Å². The van der Waals surface area contributed by atoms with Crippen molar-refractivity contribution in [2.24, 2.45) is 0 Å². The second-order valence-corrected chi connectivity index (χ2v) is 5.74. The Labute approximate surface area is 149 Å². The third-order valence-electron chi connectivity index (χ3n) is 3.91. The van der Waals surface area contributed by atoms with Crippen LogP contribution in [-0.4, -0.2) is 12.0 Å². The van der Waals surface area contributed by atoms with E-state index in [9.17, 15) is 18.0 Å².